The molecule has 0 radical (unpaired) electrons. The van der Waals surface area contributed by atoms with Crippen LogP contribution >= 0.6 is 0 Å². The maximum atomic E-state index is 11.2. The predicted molar refractivity (Wildman–Crippen MR) is 71.7 cm³/mol. The minimum Gasteiger partial charge on any atom is -0.480 e. The van der Waals surface area contributed by atoms with Gasteiger partial charge in [-0.25, -0.2) is 0 Å². The maximum absolute atomic E-state index is 11.2. The first-order valence-corrected chi connectivity index (χ1v) is 6.52. The van der Waals surface area contributed by atoms with Crippen molar-refractivity contribution in [3.8, 4) is 0 Å². The van der Waals surface area contributed by atoms with Crippen molar-refractivity contribution in [1.82, 2.24) is 4.90 Å². The molecule has 1 N–H and O–H groups in total. The molecule has 1 aliphatic rings. The number of carbonyl (C=O) groups is 1. The van der Waals surface area contributed by atoms with E-state index < -0.39 is 5.97 Å². The minimum absolute atomic E-state index is 0.301. The van der Waals surface area contributed by atoms with E-state index in [-0.39, 0.29) is 6.04 Å². The third-order valence-electron chi connectivity index (χ3n) is 3.85. The van der Waals surface area contributed by atoms with E-state index in [1.807, 2.05) is 0 Å². The van der Waals surface area contributed by atoms with E-state index in [9.17, 15) is 9.90 Å². The molecule has 1 fully saturated rings. The van der Waals surface area contributed by atoms with Gasteiger partial charge >= 0.3 is 5.97 Å². The van der Waals surface area contributed by atoms with Crippen molar-refractivity contribution < 1.29 is 9.90 Å². The van der Waals surface area contributed by atoms with Gasteiger partial charge in [-0.1, -0.05) is 17.7 Å². The summed E-state index contributed by atoms with van der Waals surface area (Å²) in [4.78, 5) is 13.3. The second-order valence-corrected chi connectivity index (χ2v) is 5.34. The lowest BCUT2D eigenvalue weighted by atomic mass is 9.99. The smallest absolute Gasteiger partial charge is 0.320 e. The summed E-state index contributed by atoms with van der Waals surface area (Å²) in [6.07, 6.45) is 1.76. The summed E-state index contributed by atoms with van der Waals surface area (Å²) in [5, 5.41) is 9.20. The second kappa shape index (κ2) is 5.11. The van der Waals surface area contributed by atoms with E-state index in [1.54, 1.807) is 0 Å². The van der Waals surface area contributed by atoms with Crippen molar-refractivity contribution in [2.24, 2.45) is 0 Å². The van der Waals surface area contributed by atoms with Crippen LogP contribution in [-0.4, -0.2) is 28.6 Å². The van der Waals surface area contributed by atoms with Gasteiger partial charge in [-0.15, -0.1) is 0 Å². The van der Waals surface area contributed by atoms with Gasteiger partial charge in [-0.05, 0) is 56.8 Å². The third kappa shape index (κ3) is 2.56. The van der Waals surface area contributed by atoms with Gasteiger partial charge in [0.15, 0.2) is 0 Å². The topological polar surface area (TPSA) is 40.5 Å². The number of benzene rings is 1. The first kappa shape index (κ1) is 13.1. The molecule has 0 aromatic heterocycles. The molecule has 0 saturated carbocycles. The lowest BCUT2D eigenvalue weighted by Crippen LogP contribution is -2.35. The Morgan fingerprint density at radius 3 is 2.50 bits per heavy atom. The van der Waals surface area contributed by atoms with Gasteiger partial charge in [0, 0.05) is 6.54 Å². The Hall–Kier alpha value is -1.35. The van der Waals surface area contributed by atoms with Crippen LogP contribution in [0.2, 0.25) is 0 Å². The minimum atomic E-state index is -0.685. The maximum Gasteiger partial charge on any atom is 0.320 e. The molecule has 1 aromatic carbocycles. The molecule has 1 heterocycles. The normalized spacial score (nSPS) is 20.3. The Morgan fingerprint density at radius 1 is 1.33 bits per heavy atom. The van der Waals surface area contributed by atoms with Crippen LogP contribution in [-0.2, 0) is 11.3 Å². The van der Waals surface area contributed by atoms with Gasteiger partial charge in [-0.3, -0.25) is 9.69 Å². The summed E-state index contributed by atoms with van der Waals surface area (Å²) >= 11 is 0. The molecule has 0 bridgehead atoms. The molecule has 3 nitrogen and oxygen atoms in total. The van der Waals surface area contributed by atoms with Crippen LogP contribution in [0.4, 0.5) is 0 Å². The van der Waals surface area contributed by atoms with Crippen LogP contribution < -0.4 is 0 Å². The molecule has 0 spiro atoms. The average Bonchev–Trinajstić information content (AvgIpc) is 2.71. The summed E-state index contributed by atoms with van der Waals surface area (Å²) in [5.41, 5.74) is 5.09. The number of likely N-dealkylation sites (tertiary alicyclic amines) is 1. The van der Waals surface area contributed by atoms with Gasteiger partial charge in [-0.2, -0.15) is 0 Å². The molecular weight excluding hydrogens is 226 g/mol. The van der Waals surface area contributed by atoms with Crippen LogP contribution in [0.1, 0.15) is 35.1 Å². The van der Waals surface area contributed by atoms with E-state index in [2.05, 4.69) is 37.8 Å². The Morgan fingerprint density at radius 2 is 1.94 bits per heavy atom. The van der Waals surface area contributed by atoms with E-state index in [4.69, 9.17) is 0 Å². The lowest BCUT2D eigenvalue weighted by Gasteiger charge is -2.23. The summed E-state index contributed by atoms with van der Waals surface area (Å²) in [6, 6.07) is 4.05. The number of rotatable bonds is 3. The van der Waals surface area contributed by atoms with Crippen molar-refractivity contribution in [2.45, 2.75) is 46.2 Å². The Bertz CT molecular complexity index is 445. The largest absolute Gasteiger partial charge is 0.480 e. The van der Waals surface area contributed by atoms with E-state index in [0.29, 0.717) is 0 Å². The number of hydrogen-bond donors (Lipinski definition) is 1. The molecule has 0 amide bonds. The molecule has 1 aliphatic heterocycles. The first-order valence-electron chi connectivity index (χ1n) is 6.52. The number of carboxylic acids is 1. The van der Waals surface area contributed by atoms with E-state index in [0.717, 1.165) is 25.9 Å². The van der Waals surface area contributed by atoms with E-state index in [1.165, 1.54) is 22.3 Å². The summed E-state index contributed by atoms with van der Waals surface area (Å²) in [6.45, 7) is 7.97. The summed E-state index contributed by atoms with van der Waals surface area (Å²) in [7, 11) is 0. The van der Waals surface area contributed by atoms with Gasteiger partial charge in [0.05, 0.1) is 0 Å². The van der Waals surface area contributed by atoms with Crippen molar-refractivity contribution >= 4 is 5.97 Å². The van der Waals surface area contributed by atoms with Crippen LogP contribution in [0, 0.1) is 20.8 Å². The van der Waals surface area contributed by atoms with Gasteiger partial charge in [0.2, 0.25) is 0 Å². The fourth-order valence-corrected chi connectivity index (χ4v) is 2.96. The SMILES string of the molecule is Cc1cc(C)c(CN2CCC[C@@H]2C(=O)O)c(C)c1. The molecule has 98 valence electrons. The zero-order valence-electron chi connectivity index (χ0n) is 11.4. The number of hydrogen-bond acceptors (Lipinski definition) is 2. The summed E-state index contributed by atoms with van der Waals surface area (Å²) in [5.74, 6) is -0.685. The molecule has 0 aliphatic carbocycles. The number of aliphatic carboxylic acids is 1. The van der Waals surface area contributed by atoms with Gasteiger partial charge in [0.25, 0.3) is 0 Å². The van der Waals surface area contributed by atoms with Crippen molar-refractivity contribution in [3.63, 3.8) is 0 Å². The first-order chi connectivity index (χ1) is 8.49. The van der Waals surface area contributed by atoms with Crippen LogP contribution in [0.15, 0.2) is 12.1 Å². The Balaban J connectivity index is 2.21. The molecular formula is C15H21NO2. The fourth-order valence-electron chi connectivity index (χ4n) is 2.96. The highest BCUT2D eigenvalue weighted by molar-refractivity contribution is 5.73. The highest BCUT2D eigenvalue weighted by Gasteiger charge is 2.30. The number of nitrogens with zero attached hydrogens (tertiary/aromatic N) is 1. The molecule has 2 rings (SSSR count). The molecule has 18 heavy (non-hydrogen) atoms. The van der Waals surface area contributed by atoms with Crippen molar-refractivity contribution in [1.29, 1.82) is 0 Å². The molecule has 3 heteroatoms. The summed E-state index contributed by atoms with van der Waals surface area (Å²) < 4.78 is 0. The van der Waals surface area contributed by atoms with Crippen LogP contribution in [0.3, 0.4) is 0 Å². The lowest BCUT2D eigenvalue weighted by molar-refractivity contribution is -0.142. The number of carboxylic acid groups (broad SMARTS) is 1. The van der Waals surface area contributed by atoms with Crippen LogP contribution in [0.5, 0.6) is 0 Å². The predicted octanol–water partition coefficient (Wildman–Crippen LogP) is 2.66. The standard InChI is InChI=1S/C15H21NO2/c1-10-7-11(2)13(12(3)8-10)9-16-6-4-5-14(16)15(17)18/h7-8,14H,4-6,9H2,1-3H3,(H,17,18)/t14-/m1/s1. The van der Waals surface area contributed by atoms with Crippen molar-refractivity contribution in [2.75, 3.05) is 6.54 Å². The number of aryl methyl sites for hydroxylation is 3. The molecule has 1 atom stereocenters. The van der Waals surface area contributed by atoms with Crippen molar-refractivity contribution in [3.05, 3.63) is 34.4 Å². The Kier molecular flexibility index (Phi) is 3.71. The fraction of sp³-hybridized carbons (Fsp3) is 0.533. The highest BCUT2D eigenvalue weighted by atomic mass is 16.4. The molecule has 0 unspecified atom stereocenters. The quantitative estimate of drug-likeness (QED) is 0.892. The zero-order valence-corrected chi connectivity index (χ0v) is 11.4. The highest BCUT2D eigenvalue weighted by Crippen LogP contribution is 2.24. The zero-order chi connectivity index (χ0) is 13.3. The second-order valence-electron chi connectivity index (χ2n) is 5.34. The molecule has 1 aromatic rings. The Labute approximate surface area is 108 Å². The van der Waals surface area contributed by atoms with Crippen LogP contribution in [0.25, 0.3) is 0 Å². The molecule has 1 saturated heterocycles. The van der Waals surface area contributed by atoms with Gasteiger partial charge < -0.3 is 5.11 Å². The average molecular weight is 247 g/mol. The van der Waals surface area contributed by atoms with E-state index >= 15 is 0 Å². The monoisotopic (exact) mass is 247 g/mol. The third-order valence-corrected chi connectivity index (χ3v) is 3.85. The van der Waals surface area contributed by atoms with Gasteiger partial charge in [0.1, 0.15) is 6.04 Å².